The van der Waals surface area contributed by atoms with Crippen LogP contribution in [-0.2, 0) is 4.79 Å². The van der Waals surface area contributed by atoms with Crippen LogP contribution in [0.5, 0.6) is 0 Å². The van der Waals surface area contributed by atoms with Gasteiger partial charge in [-0.15, -0.1) is 0 Å². The molecule has 0 amide bonds. The summed E-state index contributed by atoms with van der Waals surface area (Å²) in [6.07, 6.45) is 3.49. The van der Waals surface area contributed by atoms with Gasteiger partial charge in [0.25, 0.3) is 0 Å². The Bertz CT molecular complexity index is 308. The van der Waals surface area contributed by atoms with E-state index in [1.54, 1.807) is 0 Å². The Morgan fingerprint density at radius 2 is 1.81 bits per heavy atom. The van der Waals surface area contributed by atoms with Crippen LogP contribution in [0.15, 0.2) is 0 Å². The monoisotopic (exact) mass is 224 g/mol. The van der Waals surface area contributed by atoms with E-state index in [9.17, 15) is 9.90 Å². The van der Waals surface area contributed by atoms with Gasteiger partial charge in [0.1, 0.15) is 5.78 Å². The van der Waals surface area contributed by atoms with Gasteiger partial charge in [0.05, 0.1) is 6.10 Å². The molecule has 2 rings (SSSR count). The molecule has 16 heavy (non-hydrogen) atoms. The first-order valence-electron chi connectivity index (χ1n) is 6.52. The molecule has 0 spiro atoms. The van der Waals surface area contributed by atoms with Gasteiger partial charge < -0.3 is 5.11 Å². The van der Waals surface area contributed by atoms with Crippen LogP contribution in [0.25, 0.3) is 0 Å². The van der Waals surface area contributed by atoms with Gasteiger partial charge in [-0.3, -0.25) is 4.79 Å². The first-order valence-corrected chi connectivity index (χ1v) is 6.52. The predicted molar refractivity (Wildman–Crippen MR) is 64.0 cm³/mol. The quantitative estimate of drug-likeness (QED) is 0.687. The highest BCUT2D eigenvalue weighted by Crippen LogP contribution is 2.57. The van der Waals surface area contributed by atoms with Gasteiger partial charge in [0, 0.05) is 11.3 Å². The molecule has 2 nitrogen and oxygen atoms in total. The second kappa shape index (κ2) is 3.56. The van der Waals surface area contributed by atoms with Crippen molar-refractivity contribution in [1.82, 2.24) is 0 Å². The Kier molecular flexibility index (Phi) is 2.69. The summed E-state index contributed by atoms with van der Waals surface area (Å²) >= 11 is 0. The lowest BCUT2D eigenvalue weighted by Crippen LogP contribution is -2.56. The van der Waals surface area contributed by atoms with Crippen LogP contribution < -0.4 is 0 Å². The lowest BCUT2D eigenvalue weighted by atomic mass is 9.49. The summed E-state index contributed by atoms with van der Waals surface area (Å²) in [5.41, 5.74) is -0.288. The van der Waals surface area contributed by atoms with E-state index in [0.29, 0.717) is 11.7 Å². The highest BCUT2D eigenvalue weighted by Gasteiger charge is 2.56. The van der Waals surface area contributed by atoms with Crippen molar-refractivity contribution in [2.75, 3.05) is 0 Å². The van der Waals surface area contributed by atoms with Crippen molar-refractivity contribution in [3.63, 3.8) is 0 Å². The fourth-order valence-electron chi connectivity index (χ4n) is 4.13. The third-order valence-corrected chi connectivity index (χ3v) is 5.36. The van der Waals surface area contributed by atoms with E-state index in [4.69, 9.17) is 0 Å². The molecule has 2 heteroatoms. The average Bonchev–Trinajstić information content (AvgIpc) is 2.21. The molecule has 4 atom stereocenters. The lowest BCUT2D eigenvalue weighted by Gasteiger charge is -2.55. The Morgan fingerprint density at radius 3 is 2.44 bits per heavy atom. The van der Waals surface area contributed by atoms with Crippen molar-refractivity contribution in [3.05, 3.63) is 0 Å². The third-order valence-electron chi connectivity index (χ3n) is 5.36. The van der Waals surface area contributed by atoms with E-state index in [0.717, 1.165) is 25.7 Å². The van der Waals surface area contributed by atoms with E-state index < -0.39 is 0 Å². The van der Waals surface area contributed by atoms with Crippen LogP contribution in [0, 0.1) is 22.7 Å². The number of carbonyl (C=O) groups excluding carboxylic acids is 1. The number of ketones is 1. The molecule has 1 N–H and O–H groups in total. The Hall–Kier alpha value is -0.370. The van der Waals surface area contributed by atoms with E-state index in [1.807, 2.05) is 0 Å². The molecule has 2 saturated carbocycles. The zero-order valence-electron chi connectivity index (χ0n) is 10.9. The molecular formula is C14H24O2. The van der Waals surface area contributed by atoms with Gasteiger partial charge in [0.2, 0.25) is 0 Å². The van der Waals surface area contributed by atoms with Gasteiger partial charge in [0.15, 0.2) is 0 Å². The molecular weight excluding hydrogens is 200 g/mol. The van der Waals surface area contributed by atoms with E-state index >= 15 is 0 Å². The van der Waals surface area contributed by atoms with Crippen molar-refractivity contribution in [2.24, 2.45) is 22.7 Å². The summed E-state index contributed by atoms with van der Waals surface area (Å²) in [5, 5.41) is 10.1. The number of aliphatic hydroxyl groups is 1. The minimum Gasteiger partial charge on any atom is -0.393 e. The molecule has 0 aromatic carbocycles. The molecule has 0 aromatic heterocycles. The summed E-state index contributed by atoms with van der Waals surface area (Å²) < 4.78 is 0. The second-order valence-electron chi connectivity index (χ2n) is 6.69. The molecule has 0 aliphatic heterocycles. The minimum absolute atomic E-state index is 0.108. The number of hydrogen-bond acceptors (Lipinski definition) is 2. The summed E-state index contributed by atoms with van der Waals surface area (Å²) in [7, 11) is 0. The van der Waals surface area contributed by atoms with Gasteiger partial charge in [-0.2, -0.15) is 0 Å². The van der Waals surface area contributed by atoms with Gasteiger partial charge in [-0.25, -0.2) is 0 Å². The molecule has 0 radical (unpaired) electrons. The Morgan fingerprint density at radius 1 is 1.19 bits per heavy atom. The van der Waals surface area contributed by atoms with Crippen LogP contribution in [0.1, 0.15) is 53.4 Å². The fraction of sp³-hybridized carbons (Fsp3) is 0.929. The number of fused-ring (bicyclic) bond motifs is 1. The summed E-state index contributed by atoms with van der Waals surface area (Å²) in [6, 6.07) is 0. The van der Waals surface area contributed by atoms with Gasteiger partial charge >= 0.3 is 0 Å². The first-order chi connectivity index (χ1) is 7.30. The largest absolute Gasteiger partial charge is 0.393 e. The van der Waals surface area contributed by atoms with Crippen molar-refractivity contribution < 1.29 is 9.90 Å². The molecule has 2 aliphatic carbocycles. The van der Waals surface area contributed by atoms with Crippen LogP contribution in [0.3, 0.4) is 0 Å². The predicted octanol–water partition coefficient (Wildman–Crippen LogP) is 2.79. The molecule has 0 bridgehead atoms. The minimum atomic E-state index is -0.244. The maximum absolute atomic E-state index is 12.4. The van der Waals surface area contributed by atoms with Crippen molar-refractivity contribution in [2.45, 2.75) is 59.5 Å². The van der Waals surface area contributed by atoms with Gasteiger partial charge in [-0.1, -0.05) is 27.7 Å². The van der Waals surface area contributed by atoms with E-state index in [2.05, 4.69) is 27.7 Å². The van der Waals surface area contributed by atoms with Crippen molar-refractivity contribution in [3.8, 4) is 0 Å². The van der Waals surface area contributed by atoms with Crippen molar-refractivity contribution >= 4 is 5.78 Å². The third kappa shape index (κ3) is 1.46. The highest BCUT2D eigenvalue weighted by molar-refractivity contribution is 5.87. The molecule has 0 heterocycles. The fourth-order valence-corrected chi connectivity index (χ4v) is 4.13. The molecule has 2 fully saturated rings. The summed E-state index contributed by atoms with van der Waals surface area (Å²) in [5.74, 6) is 1.00. The number of hydrogen-bond donors (Lipinski definition) is 1. The van der Waals surface area contributed by atoms with E-state index in [-0.39, 0.29) is 22.9 Å². The SMILES string of the molecule is CC1CC[C@@H]2C(C)(CC[C@H](O)C2(C)C)C1=O. The smallest absolute Gasteiger partial charge is 0.141 e. The number of Topliss-reactive ketones (excluding diaryl/α,β-unsaturated/α-hetero) is 1. The number of rotatable bonds is 0. The van der Waals surface area contributed by atoms with Crippen LogP contribution in [-0.4, -0.2) is 17.0 Å². The average molecular weight is 224 g/mol. The van der Waals surface area contributed by atoms with Crippen LogP contribution >= 0.6 is 0 Å². The molecule has 0 saturated heterocycles. The highest BCUT2D eigenvalue weighted by atomic mass is 16.3. The summed E-state index contributed by atoms with van der Waals surface area (Å²) in [4.78, 5) is 12.4. The maximum Gasteiger partial charge on any atom is 0.141 e. The lowest BCUT2D eigenvalue weighted by molar-refractivity contribution is -0.159. The van der Waals surface area contributed by atoms with Crippen LogP contribution in [0.4, 0.5) is 0 Å². The van der Waals surface area contributed by atoms with E-state index in [1.165, 1.54) is 0 Å². The first kappa shape index (κ1) is 12.1. The zero-order valence-corrected chi connectivity index (χ0v) is 10.9. The molecule has 2 aliphatic rings. The van der Waals surface area contributed by atoms with Crippen LogP contribution in [0.2, 0.25) is 0 Å². The molecule has 2 unspecified atom stereocenters. The topological polar surface area (TPSA) is 37.3 Å². The van der Waals surface area contributed by atoms with Crippen molar-refractivity contribution in [1.29, 1.82) is 0 Å². The second-order valence-corrected chi connectivity index (χ2v) is 6.69. The standard InChI is InChI=1S/C14H24O2/c1-9-5-6-10-13(2,3)11(15)7-8-14(10,4)12(9)16/h9-11,15H,5-8H2,1-4H3/t9?,10-,11-,14?/m0/s1. The van der Waals surface area contributed by atoms with Gasteiger partial charge in [-0.05, 0) is 37.0 Å². The number of aliphatic hydroxyl groups excluding tert-OH is 1. The molecule has 92 valence electrons. The maximum atomic E-state index is 12.4. The Balaban J connectivity index is 2.36. The number of carbonyl (C=O) groups is 1. The zero-order chi connectivity index (χ0) is 12.1. The Labute approximate surface area is 98.4 Å². The normalized spacial score (nSPS) is 47.6. The summed E-state index contributed by atoms with van der Waals surface area (Å²) in [6.45, 7) is 8.44. The molecule has 0 aromatic rings.